The Morgan fingerprint density at radius 1 is 1.47 bits per heavy atom. The van der Waals surface area contributed by atoms with Gasteiger partial charge >= 0.3 is 0 Å². The van der Waals surface area contributed by atoms with Crippen LogP contribution in [0.3, 0.4) is 0 Å². The maximum Gasteiger partial charge on any atom is 0.265 e. The van der Waals surface area contributed by atoms with Crippen molar-refractivity contribution in [3.63, 3.8) is 0 Å². The molecule has 0 aliphatic heterocycles. The Bertz CT molecular complexity index is 656. The minimum absolute atomic E-state index is 0.0875. The summed E-state index contributed by atoms with van der Waals surface area (Å²) in [5.41, 5.74) is 1.39. The molecule has 100 valence electrons. The average Bonchev–Trinajstić information content (AvgIpc) is 2.72. The number of rotatable bonds is 3. The van der Waals surface area contributed by atoms with Gasteiger partial charge in [-0.15, -0.1) is 11.3 Å². The first kappa shape index (κ1) is 13.8. The molecule has 0 saturated heterocycles. The van der Waals surface area contributed by atoms with Crippen LogP contribution < -0.4 is 10.9 Å². The number of carbonyl (C=O) groups is 1. The minimum atomic E-state index is -0.221. The molecule has 0 bridgehead atoms. The molecule has 4 nitrogen and oxygen atoms in total. The molecule has 6 heteroatoms. The van der Waals surface area contributed by atoms with E-state index in [0.717, 1.165) is 5.56 Å². The summed E-state index contributed by atoms with van der Waals surface area (Å²) in [4.78, 5) is 24.0. The largest absolute Gasteiger partial charge is 0.320 e. The van der Waals surface area contributed by atoms with Gasteiger partial charge in [-0.05, 0) is 31.5 Å². The lowest BCUT2D eigenvalue weighted by molar-refractivity contribution is 0.103. The zero-order valence-electron chi connectivity index (χ0n) is 10.6. The Kier molecular flexibility index (Phi) is 4.07. The number of nitrogens with zero attached hydrogens (tertiary/aromatic N) is 1. The number of nitrogens with one attached hydrogen (secondary N) is 1. The molecule has 1 amide bonds. The highest BCUT2D eigenvalue weighted by atomic mass is 35.5. The van der Waals surface area contributed by atoms with Gasteiger partial charge in [-0.2, -0.15) is 0 Å². The molecule has 19 heavy (non-hydrogen) atoms. The lowest BCUT2D eigenvalue weighted by Crippen LogP contribution is -2.19. The number of aryl methyl sites for hydroxylation is 2. The number of hydrogen-bond donors (Lipinski definition) is 1. The van der Waals surface area contributed by atoms with Gasteiger partial charge in [0.2, 0.25) is 0 Å². The monoisotopic (exact) mass is 296 g/mol. The lowest BCUT2D eigenvalue weighted by Gasteiger charge is -2.06. The van der Waals surface area contributed by atoms with Crippen LogP contribution in [0.25, 0.3) is 0 Å². The van der Waals surface area contributed by atoms with Crippen LogP contribution in [0.2, 0.25) is 4.34 Å². The van der Waals surface area contributed by atoms with Crippen molar-refractivity contribution in [2.75, 3.05) is 5.32 Å². The van der Waals surface area contributed by atoms with Crippen molar-refractivity contribution >= 4 is 34.5 Å². The summed E-state index contributed by atoms with van der Waals surface area (Å²) in [5, 5.41) is 2.75. The Hall–Kier alpha value is -1.59. The number of aromatic nitrogens is 1. The summed E-state index contributed by atoms with van der Waals surface area (Å²) in [6, 6.07) is 4.78. The standard InChI is InChI=1S/C13H13ClN2O2S/c1-3-16-7-9(4-5-11(16)17)15-13(18)10-6-8(2)12(14)19-10/h4-7H,3H2,1-2H3,(H,15,18). The molecule has 0 spiro atoms. The zero-order chi connectivity index (χ0) is 14.0. The highest BCUT2D eigenvalue weighted by Crippen LogP contribution is 2.27. The summed E-state index contributed by atoms with van der Waals surface area (Å²) in [5.74, 6) is -0.221. The Morgan fingerprint density at radius 3 is 2.79 bits per heavy atom. The van der Waals surface area contributed by atoms with E-state index in [9.17, 15) is 9.59 Å². The van der Waals surface area contributed by atoms with Crippen molar-refractivity contribution in [3.05, 3.63) is 49.5 Å². The predicted octanol–water partition coefficient (Wildman–Crippen LogP) is 3.14. The third-order valence-electron chi connectivity index (χ3n) is 2.66. The normalized spacial score (nSPS) is 10.5. The molecule has 0 aliphatic rings. The molecular formula is C13H13ClN2O2S. The number of thiophene rings is 1. The van der Waals surface area contributed by atoms with Gasteiger partial charge in [0.1, 0.15) is 0 Å². The molecule has 2 aromatic heterocycles. The first-order chi connectivity index (χ1) is 9.01. The maximum absolute atomic E-state index is 12.0. The van der Waals surface area contributed by atoms with Crippen LogP contribution in [0.15, 0.2) is 29.2 Å². The molecule has 2 rings (SSSR count). The molecule has 0 radical (unpaired) electrons. The van der Waals surface area contributed by atoms with Gasteiger partial charge in [-0.25, -0.2) is 0 Å². The van der Waals surface area contributed by atoms with E-state index in [1.807, 2.05) is 13.8 Å². The molecular weight excluding hydrogens is 284 g/mol. The van der Waals surface area contributed by atoms with Crippen molar-refractivity contribution in [1.29, 1.82) is 0 Å². The Balaban J connectivity index is 2.21. The molecule has 2 heterocycles. The fourth-order valence-corrected chi connectivity index (χ4v) is 2.71. The first-order valence-electron chi connectivity index (χ1n) is 5.79. The van der Waals surface area contributed by atoms with E-state index < -0.39 is 0 Å². The second-order valence-corrected chi connectivity index (χ2v) is 5.72. The molecule has 2 aromatic rings. The average molecular weight is 297 g/mol. The quantitative estimate of drug-likeness (QED) is 0.946. The summed E-state index contributed by atoms with van der Waals surface area (Å²) in [7, 11) is 0. The fraction of sp³-hybridized carbons (Fsp3) is 0.231. The van der Waals surface area contributed by atoms with Gasteiger partial charge < -0.3 is 9.88 Å². The van der Waals surface area contributed by atoms with Crippen molar-refractivity contribution in [3.8, 4) is 0 Å². The molecule has 0 saturated carbocycles. The van der Waals surface area contributed by atoms with Crippen LogP contribution >= 0.6 is 22.9 Å². The van der Waals surface area contributed by atoms with Gasteiger partial charge in [0.25, 0.3) is 11.5 Å². The number of carbonyl (C=O) groups excluding carboxylic acids is 1. The van der Waals surface area contributed by atoms with Crippen molar-refractivity contribution in [2.24, 2.45) is 0 Å². The highest BCUT2D eigenvalue weighted by molar-refractivity contribution is 7.18. The Morgan fingerprint density at radius 2 is 2.21 bits per heavy atom. The molecule has 0 unspecified atom stereocenters. The SMILES string of the molecule is CCn1cc(NC(=O)c2cc(C)c(Cl)s2)ccc1=O. The van der Waals surface area contributed by atoms with Gasteiger partial charge in [0.15, 0.2) is 0 Å². The Labute approximate surface area is 119 Å². The third-order valence-corrected chi connectivity index (χ3v) is 4.22. The van der Waals surface area contributed by atoms with Crippen molar-refractivity contribution in [1.82, 2.24) is 4.57 Å². The van der Waals surface area contributed by atoms with Gasteiger partial charge in [-0.3, -0.25) is 9.59 Å². The summed E-state index contributed by atoms with van der Waals surface area (Å²) < 4.78 is 2.14. The van der Waals surface area contributed by atoms with Gasteiger partial charge in [0.05, 0.1) is 14.9 Å². The van der Waals surface area contributed by atoms with Crippen LogP contribution in [-0.4, -0.2) is 10.5 Å². The van der Waals surface area contributed by atoms with E-state index in [4.69, 9.17) is 11.6 Å². The second kappa shape index (κ2) is 5.59. The summed E-state index contributed by atoms with van der Waals surface area (Å²) in [6.45, 7) is 4.29. The van der Waals surface area contributed by atoms with Crippen LogP contribution in [0, 0.1) is 6.92 Å². The van der Waals surface area contributed by atoms with E-state index in [-0.39, 0.29) is 11.5 Å². The third kappa shape index (κ3) is 3.05. The maximum atomic E-state index is 12.0. The number of halogens is 1. The zero-order valence-corrected chi connectivity index (χ0v) is 12.1. The van der Waals surface area contributed by atoms with E-state index >= 15 is 0 Å². The number of pyridine rings is 1. The van der Waals surface area contributed by atoms with E-state index in [2.05, 4.69) is 5.32 Å². The lowest BCUT2D eigenvalue weighted by atomic mass is 10.3. The van der Waals surface area contributed by atoms with Crippen molar-refractivity contribution < 1.29 is 4.79 Å². The van der Waals surface area contributed by atoms with E-state index in [0.29, 0.717) is 21.4 Å². The van der Waals surface area contributed by atoms with E-state index in [1.165, 1.54) is 22.0 Å². The molecule has 0 fully saturated rings. The first-order valence-corrected chi connectivity index (χ1v) is 6.98. The van der Waals surface area contributed by atoms with Crippen LogP contribution in [-0.2, 0) is 6.54 Å². The van der Waals surface area contributed by atoms with Gasteiger partial charge in [-0.1, -0.05) is 11.6 Å². The molecule has 0 aliphatic carbocycles. The molecule has 0 aromatic carbocycles. The molecule has 0 atom stereocenters. The van der Waals surface area contributed by atoms with Crippen molar-refractivity contribution in [2.45, 2.75) is 20.4 Å². The van der Waals surface area contributed by atoms with E-state index in [1.54, 1.807) is 18.3 Å². The summed E-state index contributed by atoms with van der Waals surface area (Å²) >= 11 is 7.18. The number of anilines is 1. The topological polar surface area (TPSA) is 51.1 Å². The minimum Gasteiger partial charge on any atom is -0.320 e. The fourth-order valence-electron chi connectivity index (χ4n) is 1.62. The predicted molar refractivity (Wildman–Crippen MR) is 78.4 cm³/mol. The van der Waals surface area contributed by atoms with Crippen LogP contribution in [0.4, 0.5) is 5.69 Å². The van der Waals surface area contributed by atoms with Crippen LogP contribution in [0.1, 0.15) is 22.2 Å². The smallest absolute Gasteiger partial charge is 0.265 e. The second-order valence-electron chi connectivity index (χ2n) is 4.06. The number of amides is 1. The van der Waals surface area contributed by atoms with Crippen LogP contribution in [0.5, 0.6) is 0 Å². The highest BCUT2D eigenvalue weighted by Gasteiger charge is 2.12. The summed E-state index contributed by atoms with van der Waals surface area (Å²) in [6.07, 6.45) is 1.63. The molecule has 1 N–H and O–H groups in total. The van der Waals surface area contributed by atoms with Gasteiger partial charge in [0, 0.05) is 18.8 Å². The number of hydrogen-bond acceptors (Lipinski definition) is 3.